The molecule has 3 atom stereocenters. The Morgan fingerprint density at radius 3 is 2.59 bits per heavy atom. The maximum Gasteiger partial charge on any atom is 0.193 e. The van der Waals surface area contributed by atoms with Crippen molar-refractivity contribution >= 4 is 39.8 Å². The van der Waals surface area contributed by atoms with Crippen LogP contribution >= 0.6 is 24.0 Å². The van der Waals surface area contributed by atoms with Gasteiger partial charge in [0.25, 0.3) is 0 Å². The molecule has 1 aromatic rings. The lowest BCUT2D eigenvalue weighted by Crippen LogP contribution is -2.49. The zero-order valence-corrected chi connectivity index (χ0v) is 19.4. The molecule has 0 bridgehead atoms. The number of guanidine groups is 1. The summed E-state index contributed by atoms with van der Waals surface area (Å²) in [5.41, 5.74) is 1.44. The fraction of sp³-hybridized carbons (Fsp3) is 0.650. The second kappa shape index (κ2) is 10.1. The fourth-order valence-corrected chi connectivity index (χ4v) is 6.24. The van der Waals surface area contributed by atoms with Gasteiger partial charge in [-0.3, -0.25) is 4.99 Å². The van der Waals surface area contributed by atoms with E-state index >= 15 is 0 Å². The van der Waals surface area contributed by atoms with Gasteiger partial charge in [0, 0.05) is 26.7 Å². The van der Waals surface area contributed by atoms with E-state index in [4.69, 9.17) is 0 Å². The summed E-state index contributed by atoms with van der Waals surface area (Å²) in [6.07, 6.45) is 3.04. The van der Waals surface area contributed by atoms with Crippen LogP contribution in [-0.4, -0.2) is 57.5 Å². The SMILES string of the molecule is CCC1CN(C(=NC)NCC2CCS(=O)(=O)C2)CCC1c1ccccc1.I. The maximum atomic E-state index is 11.6. The molecule has 2 saturated heterocycles. The molecule has 5 nitrogen and oxygen atoms in total. The van der Waals surface area contributed by atoms with Gasteiger partial charge in [0.1, 0.15) is 0 Å². The van der Waals surface area contributed by atoms with Crippen molar-refractivity contribution in [1.29, 1.82) is 0 Å². The van der Waals surface area contributed by atoms with E-state index in [1.54, 1.807) is 0 Å². The molecule has 0 saturated carbocycles. The molecule has 1 aromatic carbocycles. The summed E-state index contributed by atoms with van der Waals surface area (Å²) in [6.45, 7) is 4.95. The smallest absolute Gasteiger partial charge is 0.193 e. The third-order valence-corrected chi connectivity index (χ3v) is 7.71. The van der Waals surface area contributed by atoms with Gasteiger partial charge in [0.05, 0.1) is 11.5 Å². The summed E-state index contributed by atoms with van der Waals surface area (Å²) >= 11 is 0. The van der Waals surface area contributed by atoms with E-state index in [2.05, 4.69) is 52.5 Å². The lowest BCUT2D eigenvalue weighted by atomic mass is 9.79. The van der Waals surface area contributed by atoms with Gasteiger partial charge in [-0.15, -0.1) is 24.0 Å². The number of benzene rings is 1. The van der Waals surface area contributed by atoms with E-state index in [9.17, 15) is 8.42 Å². The van der Waals surface area contributed by atoms with Crippen LogP contribution in [0.1, 0.15) is 37.7 Å². The first-order chi connectivity index (χ1) is 12.5. The molecule has 2 aliphatic heterocycles. The van der Waals surface area contributed by atoms with Crippen LogP contribution in [0.25, 0.3) is 0 Å². The van der Waals surface area contributed by atoms with E-state index in [-0.39, 0.29) is 29.9 Å². The summed E-state index contributed by atoms with van der Waals surface area (Å²) in [4.78, 5) is 6.80. The van der Waals surface area contributed by atoms with Crippen LogP contribution in [-0.2, 0) is 9.84 Å². The first kappa shape index (κ1) is 22.5. The van der Waals surface area contributed by atoms with Crippen molar-refractivity contribution in [3.8, 4) is 0 Å². The molecule has 0 radical (unpaired) electrons. The number of nitrogens with one attached hydrogen (secondary N) is 1. The normalized spacial score (nSPS) is 27.9. The minimum Gasteiger partial charge on any atom is -0.356 e. The second-order valence-electron chi connectivity index (χ2n) is 7.62. The van der Waals surface area contributed by atoms with Crippen molar-refractivity contribution in [2.45, 2.75) is 32.1 Å². The zero-order valence-electron chi connectivity index (χ0n) is 16.3. The number of sulfone groups is 1. The molecular formula is C20H32IN3O2S. The van der Waals surface area contributed by atoms with Crippen molar-refractivity contribution in [3.05, 3.63) is 35.9 Å². The molecule has 2 fully saturated rings. The number of aliphatic imine (C=N–C) groups is 1. The Morgan fingerprint density at radius 2 is 2.00 bits per heavy atom. The molecule has 2 aliphatic rings. The van der Waals surface area contributed by atoms with E-state index in [0.717, 1.165) is 38.3 Å². The minimum absolute atomic E-state index is 0. The molecule has 1 N–H and O–H groups in total. The number of hydrogen-bond acceptors (Lipinski definition) is 3. The van der Waals surface area contributed by atoms with E-state index in [1.807, 2.05) is 7.05 Å². The molecule has 27 heavy (non-hydrogen) atoms. The van der Waals surface area contributed by atoms with Crippen molar-refractivity contribution < 1.29 is 8.42 Å². The average Bonchev–Trinajstić information content (AvgIpc) is 3.01. The monoisotopic (exact) mass is 505 g/mol. The van der Waals surface area contributed by atoms with Crippen LogP contribution in [0.5, 0.6) is 0 Å². The Bertz CT molecular complexity index is 724. The van der Waals surface area contributed by atoms with Crippen LogP contribution in [0.2, 0.25) is 0 Å². The fourth-order valence-electron chi connectivity index (χ4n) is 4.38. The third-order valence-electron chi connectivity index (χ3n) is 5.87. The zero-order chi connectivity index (χ0) is 18.6. The van der Waals surface area contributed by atoms with E-state index < -0.39 is 9.84 Å². The highest BCUT2D eigenvalue weighted by Crippen LogP contribution is 2.34. The summed E-state index contributed by atoms with van der Waals surface area (Å²) in [7, 11) is -1.00. The number of nitrogens with zero attached hydrogens (tertiary/aromatic N) is 2. The van der Waals surface area contributed by atoms with Gasteiger partial charge in [0.15, 0.2) is 15.8 Å². The van der Waals surface area contributed by atoms with Gasteiger partial charge in [0.2, 0.25) is 0 Å². The van der Waals surface area contributed by atoms with Crippen molar-refractivity contribution in [3.63, 3.8) is 0 Å². The number of halogens is 1. The Labute approximate surface area is 181 Å². The first-order valence-corrected chi connectivity index (χ1v) is 11.6. The van der Waals surface area contributed by atoms with E-state index in [0.29, 0.717) is 29.9 Å². The van der Waals surface area contributed by atoms with Crippen LogP contribution in [0.15, 0.2) is 35.3 Å². The maximum absolute atomic E-state index is 11.6. The minimum atomic E-state index is -2.82. The van der Waals surface area contributed by atoms with Crippen LogP contribution in [0.3, 0.4) is 0 Å². The van der Waals surface area contributed by atoms with E-state index in [1.165, 1.54) is 5.56 Å². The van der Waals surface area contributed by atoms with Crippen molar-refractivity contribution in [1.82, 2.24) is 10.2 Å². The molecule has 0 amide bonds. The Balaban J connectivity index is 0.00000261. The molecule has 3 rings (SSSR count). The predicted octanol–water partition coefficient (Wildman–Crippen LogP) is 3.13. The molecule has 0 aliphatic carbocycles. The summed E-state index contributed by atoms with van der Waals surface area (Å²) in [6, 6.07) is 10.8. The Kier molecular flexibility index (Phi) is 8.39. The standard InChI is InChI=1S/C20H31N3O2S.HI/c1-3-17-14-23(11-9-19(17)18-7-5-4-6-8-18)20(21-2)22-13-16-10-12-26(24,25)15-16;/h4-8,16-17,19H,3,9-15H2,1-2H3,(H,21,22);1H. The number of likely N-dealkylation sites (tertiary alicyclic amines) is 1. The third kappa shape index (κ3) is 5.82. The first-order valence-electron chi connectivity index (χ1n) is 9.73. The molecule has 0 aromatic heterocycles. The van der Waals surface area contributed by atoms with Gasteiger partial charge in [-0.2, -0.15) is 0 Å². The Hall–Kier alpha value is -0.830. The van der Waals surface area contributed by atoms with Gasteiger partial charge in [-0.1, -0.05) is 43.7 Å². The second-order valence-corrected chi connectivity index (χ2v) is 9.85. The Morgan fingerprint density at radius 1 is 1.26 bits per heavy atom. The predicted molar refractivity (Wildman–Crippen MR) is 123 cm³/mol. The lowest BCUT2D eigenvalue weighted by molar-refractivity contribution is 0.215. The van der Waals surface area contributed by atoms with Crippen LogP contribution in [0, 0.1) is 11.8 Å². The lowest BCUT2D eigenvalue weighted by Gasteiger charge is -2.40. The highest BCUT2D eigenvalue weighted by Gasteiger charge is 2.32. The molecule has 7 heteroatoms. The molecule has 3 unspecified atom stereocenters. The molecule has 2 heterocycles. The van der Waals surface area contributed by atoms with Gasteiger partial charge in [-0.25, -0.2) is 8.42 Å². The summed E-state index contributed by atoms with van der Waals surface area (Å²) < 4.78 is 23.3. The van der Waals surface area contributed by atoms with Crippen molar-refractivity contribution in [2.75, 3.05) is 38.2 Å². The average molecular weight is 505 g/mol. The highest BCUT2D eigenvalue weighted by molar-refractivity contribution is 14.0. The summed E-state index contributed by atoms with van der Waals surface area (Å²) in [5.74, 6) is 2.98. The van der Waals surface area contributed by atoms with Gasteiger partial charge < -0.3 is 10.2 Å². The molecular weight excluding hydrogens is 473 g/mol. The number of rotatable bonds is 4. The highest BCUT2D eigenvalue weighted by atomic mass is 127. The van der Waals surface area contributed by atoms with Crippen LogP contribution in [0.4, 0.5) is 0 Å². The summed E-state index contributed by atoms with van der Waals surface area (Å²) in [5, 5.41) is 3.43. The number of hydrogen-bond donors (Lipinski definition) is 1. The quantitative estimate of drug-likeness (QED) is 0.388. The largest absolute Gasteiger partial charge is 0.356 e. The molecule has 0 spiro atoms. The molecule has 152 valence electrons. The topological polar surface area (TPSA) is 61.8 Å². The van der Waals surface area contributed by atoms with Crippen LogP contribution < -0.4 is 5.32 Å². The van der Waals surface area contributed by atoms with Crippen molar-refractivity contribution in [2.24, 2.45) is 16.8 Å². The van der Waals surface area contributed by atoms with Gasteiger partial charge >= 0.3 is 0 Å². The van der Waals surface area contributed by atoms with Gasteiger partial charge in [-0.05, 0) is 36.2 Å². The number of piperidine rings is 1.